The molecule has 0 aromatic carbocycles. The maximum absolute atomic E-state index is 11.3. The number of hydrogen-bond donors (Lipinski definition) is 0. The van der Waals surface area contributed by atoms with E-state index in [0.29, 0.717) is 0 Å². The van der Waals surface area contributed by atoms with Gasteiger partial charge in [0.2, 0.25) is 0 Å². The minimum absolute atomic E-state index is 1.21. The summed E-state index contributed by atoms with van der Waals surface area (Å²) in [5.41, 5.74) is 0. The van der Waals surface area contributed by atoms with E-state index in [1.165, 1.54) is 134 Å². The molecule has 2 nitrogen and oxygen atoms in total. The van der Waals surface area contributed by atoms with Crippen LogP contribution in [0.15, 0.2) is 4.76 Å². The summed E-state index contributed by atoms with van der Waals surface area (Å²) >= 11 is 0. The molecule has 0 saturated carbocycles. The Hall–Kier alpha value is -0.190. The minimum Gasteiger partial charge on any atom is -0.208 e. The quantitative estimate of drug-likeness (QED) is 0.0753. The minimum atomic E-state index is -1.46. The van der Waals surface area contributed by atoms with Crippen molar-refractivity contribution in [1.82, 2.24) is 0 Å². The topological polar surface area (TPSA) is 29.4 Å². The Morgan fingerprint density at radius 1 is 0.500 bits per heavy atom. The number of nitrogens with zero attached hydrogens (tertiary/aromatic N) is 1. The summed E-state index contributed by atoms with van der Waals surface area (Å²) in [5.74, 6) is 0. The zero-order valence-electron chi connectivity index (χ0n) is 19.7. The van der Waals surface area contributed by atoms with Crippen LogP contribution in [0.25, 0.3) is 0 Å². The Kier molecular flexibility index (Phi) is 21.4. The highest BCUT2D eigenvalue weighted by molar-refractivity contribution is 7.74. The Labute approximate surface area is 178 Å². The molecule has 0 rings (SSSR count). The third kappa shape index (κ3) is 16.7. The van der Waals surface area contributed by atoms with Crippen molar-refractivity contribution in [3.63, 3.8) is 0 Å². The summed E-state index contributed by atoms with van der Waals surface area (Å²) < 4.78 is 4.56. The van der Waals surface area contributed by atoms with E-state index >= 15 is 0 Å². The molecule has 0 amide bonds. The molecular weight excluding hydrogens is 361 g/mol. The van der Waals surface area contributed by atoms with Gasteiger partial charge in [0.15, 0.2) is 0 Å². The van der Waals surface area contributed by atoms with Gasteiger partial charge in [-0.25, -0.2) is 4.79 Å². The van der Waals surface area contributed by atoms with Gasteiger partial charge >= 0.3 is 0 Å². The fraction of sp³-hybridized carbons (Fsp3) is 0.960. The zero-order valence-corrected chi connectivity index (χ0v) is 20.5. The van der Waals surface area contributed by atoms with Crippen molar-refractivity contribution >= 4 is 13.5 Å². The lowest BCUT2D eigenvalue weighted by molar-refractivity contribution is 0.565. The van der Waals surface area contributed by atoms with E-state index in [1.54, 1.807) is 0 Å². The molecule has 0 unspecified atom stereocenters. The number of carbonyl (C=O) groups excluding carboxylic acids is 1. The molecule has 0 atom stereocenters. The van der Waals surface area contributed by atoms with E-state index in [0.717, 1.165) is 0 Å². The molecule has 0 saturated heterocycles. The average Bonchev–Trinajstić information content (AvgIpc) is 2.70. The van der Waals surface area contributed by atoms with Gasteiger partial charge < -0.3 is 0 Å². The third-order valence-corrected chi connectivity index (χ3v) is 9.99. The zero-order chi connectivity index (χ0) is 20.8. The van der Waals surface area contributed by atoms with Gasteiger partial charge in [0, 0.05) is 0 Å². The van der Waals surface area contributed by atoms with Crippen LogP contribution >= 0.6 is 7.41 Å². The molecule has 0 bridgehead atoms. The molecule has 0 aromatic rings. The van der Waals surface area contributed by atoms with E-state index in [4.69, 9.17) is 0 Å². The van der Waals surface area contributed by atoms with Crippen LogP contribution in [0.1, 0.15) is 136 Å². The van der Waals surface area contributed by atoms with Crippen LogP contribution in [-0.2, 0) is 4.79 Å². The van der Waals surface area contributed by atoms with Crippen molar-refractivity contribution in [2.24, 2.45) is 4.76 Å². The van der Waals surface area contributed by atoms with Crippen LogP contribution < -0.4 is 0 Å². The first-order valence-electron chi connectivity index (χ1n) is 12.7. The van der Waals surface area contributed by atoms with Gasteiger partial charge in [-0.3, -0.25) is 0 Å². The second kappa shape index (κ2) is 21.5. The predicted octanol–water partition coefficient (Wildman–Crippen LogP) is 9.34. The Morgan fingerprint density at radius 2 is 0.786 bits per heavy atom. The van der Waals surface area contributed by atoms with E-state index in [1.807, 2.05) is 6.08 Å². The molecule has 0 N–H and O–H groups in total. The standard InChI is InChI=1S/C25H51NOP/c1-4-7-10-13-16-19-22-28(26-25-27,23-20-17-14-11-8-5-2)24-21-18-15-12-9-6-3/h4-24H2,1-3H3/q+1. The van der Waals surface area contributed by atoms with Crippen molar-refractivity contribution in [3.8, 4) is 0 Å². The average molecular weight is 413 g/mol. The number of isocyanates is 1. The lowest BCUT2D eigenvalue weighted by Gasteiger charge is -2.21. The number of unbranched alkanes of at least 4 members (excludes halogenated alkanes) is 15. The molecular formula is C25H51NOP+. The van der Waals surface area contributed by atoms with Crippen LogP contribution in [0.4, 0.5) is 0 Å². The van der Waals surface area contributed by atoms with Gasteiger partial charge in [-0.2, -0.15) is 0 Å². The van der Waals surface area contributed by atoms with E-state index in [9.17, 15) is 4.79 Å². The van der Waals surface area contributed by atoms with Crippen molar-refractivity contribution in [2.45, 2.75) is 136 Å². The highest BCUT2D eigenvalue weighted by atomic mass is 31.2. The molecule has 0 fully saturated rings. The fourth-order valence-corrected chi connectivity index (χ4v) is 7.71. The normalized spacial score (nSPS) is 11.5. The van der Waals surface area contributed by atoms with E-state index in [2.05, 4.69) is 25.5 Å². The highest BCUT2D eigenvalue weighted by Gasteiger charge is 2.36. The lowest BCUT2D eigenvalue weighted by atomic mass is 10.1. The lowest BCUT2D eigenvalue weighted by Crippen LogP contribution is -2.07. The largest absolute Gasteiger partial charge is 0.275 e. The summed E-state index contributed by atoms with van der Waals surface area (Å²) in [6, 6.07) is 0. The highest BCUT2D eigenvalue weighted by Crippen LogP contribution is 2.62. The Balaban J connectivity index is 4.46. The van der Waals surface area contributed by atoms with Crippen molar-refractivity contribution in [2.75, 3.05) is 18.5 Å². The van der Waals surface area contributed by atoms with Gasteiger partial charge in [0.05, 0.1) is 18.5 Å². The summed E-state index contributed by atoms with van der Waals surface area (Å²) in [4.78, 5) is 11.3. The van der Waals surface area contributed by atoms with Crippen molar-refractivity contribution in [3.05, 3.63) is 0 Å². The van der Waals surface area contributed by atoms with Crippen LogP contribution in [-0.4, -0.2) is 24.6 Å². The van der Waals surface area contributed by atoms with E-state index < -0.39 is 7.41 Å². The molecule has 0 aliphatic carbocycles. The summed E-state index contributed by atoms with van der Waals surface area (Å²) in [6.45, 7) is 6.82. The second-order valence-corrected chi connectivity index (χ2v) is 12.5. The third-order valence-electron chi connectivity index (χ3n) is 6.04. The van der Waals surface area contributed by atoms with Crippen LogP contribution in [0, 0.1) is 0 Å². The number of hydrogen-bond acceptors (Lipinski definition) is 2. The molecule has 0 aliphatic rings. The van der Waals surface area contributed by atoms with E-state index in [-0.39, 0.29) is 0 Å². The summed E-state index contributed by atoms with van der Waals surface area (Å²) in [7, 11) is -1.46. The molecule has 3 heteroatoms. The van der Waals surface area contributed by atoms with Crippen molar-refractivity contribution in [1.29, 1.82) is 0 Å². The molecule has 0 radical (unpaired) electrons. The summed E-state index contributed by atoms with van der Waals surface area (Å²) in [5, 5.41) is 0. The molecule has 0 aromatic heterocycles. The molecule has 28 heavy (non-hydrogen) atoms. The Bertz CT molecular complexity index is 325. The van der Waals surface area contributed by atoms with Gasteiger partial charge in [-0.05, 0) is 43.3 Å². The molecule has 166 valence electrons. The Morgan fingerprint density at radius 3 is 1.07 bits per heavy atom. The van der Waals surface area contributed by atoms with Gasteiger partial charge in [-0.15, -0.1) is 0 Å². The fourth-order valence-electron chi connectivity index (χ4n) is 4.13. The van der Waals surface area contributed by atoms with Gasteiger partial charge in [0.25, 0.3) is 6.08 Å². The first kappa shape index (κ1) is 27.8. The monoisotopic (exact) mass is 412 g/mol. The van der Waals surface area contributed by atoms with Crippen molar-refractivity contribution < 1.29 is 4.79 Å². The first-order chi connectivity index (χ1) is 13.7. The summed E-state index contributed by atoms with van der Waals surface area (Å²) in [6.07, 6.45) is 29.6. The maximum Gasteiger partial charge on any atom is 0.275 e. The second-order valence-electron chi connectivity index (χ2n) is 8.76. The van der Waals surface area contributed by atoms with Crippen LogP contribution in [0.3, 0.4) is 0 Å². The number of rotatable bonds is 22. The molecule has 0 spiro atoms. The smallest absolute Gasteiger partial charge is 0.208 e. The predicted molar refractivity (Wildman–Crippen MR) is 130 cm³/mol. The van der Waals surface area contributed by atoms with Crippen LogP contribution in [0.2, 0.25) is 0 Å². The van der Waals surface area contributed by atoms with Gasteiger partial charge in [0.1, 0.15) is 7.41 Å². The molecule has 0 aliphatic heterocycles. The van der Waals surface area contributed by atoms with Crippen LogP contribution in [0.5, 0.6) is 0 Å². The molecule has 0 heterocycles. The van der Waals surface area contributed by atoms with Gasteiger partial charge in [-0.1, -0.05) is 97.8 Å². The SMILES string of the molecule is CCCCCCCC[P+](CCCCCCCC)(CCCCCCCC)N=C=O. The first-order valence-corrected chi connectivity index (χ1v) is 15.0. The maximum atomic E-state index is 11.3.